The molecular weight excluding hydrogens is 351 g/mol. The van der Waals surface area contributed by atoms with E-state index in [1.807, 2.05) is 6.92 Å². The third kappa shape index (κ3) is 3.91. The minimum absolute atomic E-state index is 0.0964. The molecular formula is C12H18BrFN2O3S. The van der Waals surface area contributed by atoms with Crippen molar-refractivity contribution in [2.75, 3.05) is 12.3 Å². The van der Waals surface area contributed by atoms with Crippen LogP contribution in [-0.4, -0.2) is 25.7 Å². The van der Waals surface area contributed by atoms with Crippen LogP contribution in [0.25, 0.3) is 0 Å². The van der Waals surface area contributed by atoms with Gasteiger partial charge >= 0.3 is 0 Å². The highest BCUT2D eigenvalue weighted by molar-refractivity contribution is 9.10. The molecule has 0 bridgehead atoms. The molecule has 1 rings (SSSR count). The maximum atomic E-state index is 13.3. The number of nitrogens with one attached hydrogen (secondary N) is 1. The molecule has 0 saturated heterocycles. The second-order valence-corrected chi connectivity index (χ2v) is 7.30. The first-order valence-corrected chi connectivity index (χ1v) is 8.32. The van der Waals surface area contributed by atoms with Crippen molar-refractivity contribution in [1.29, 1.82) is 0 Å². The molecule has 0 aliphatic rings. The average molecular weight is 369 g/mol. The van der Waals surface area contributed by atoms with Gasteiger partial charge < -0.3 is 10.8 Å². The van der Waals surface area contributed by atoms with E-state index in [1.165, 1.54) is 0 Å². The maximum absolute atomic E-state index is 13.3. The van der Waals surface area contributed by atoms with Crippen LogP contribution in [-0.2, 0) is 10.0 Å². The summed E-state index contributed by atoms with van der Waals surface area (Å²) < 4.78 is 40.6. The van der Waals surface area contributed by atoms with Crippen LogP contribution in [0.2, 0.25) is 0 Å². The van der Waals surface area contributed by atoms with Gasteiger partial charge in [-0.25, -0.2) is 17.5 Å². The van der Waals surface area contributed by atoms with E-state index in [1.54, 1.807) is 6.92 Å². The van der Waals surface area contributed by atoms with Crippen molar-refractivity contribution in [3.05, 3.63) is 22.4 Å². The number of nitrogens with two attached hydrogens (primary N) is 1. The maximum Gasteiger partial charge on any atom is 0.242 e. The molecule has 0 heterocycles. The molecule has 0 aliphatic carbocycles. The van der Waals surface area contributed by atoms with Crippen LogP contribution in [0.5, 0.6) is 0 Å². The van der Waals surface area contributed by atoms with Gasteiger partial charge in [0.1, 0.15) is 5.82 Å². The minimum atomic E-state index is -3.88. The van der Waals surface area contributed by atoms with Gasteiger partial charge in [-0.1, -0.05) is 6.92 Å². The Kier molecular flexibility index (Phi) is 5.54. The summed E-state index contributed by atoms with van der Waals surface area (Å²) in [6.07, 6.45) is 0.776. The Balaban J connectivity index is 3.21. The first kappa shape index (κ1) is 17.4. The Bertz CT molecular complexity index is 595. The molecule has 8 heteroatoms. The van der Waals surface area contributed by atoms with Crippen molar-refractivity contribution >= 4 is 31.6 Å². The number of anilines is 1. The molecule has 0 saturated carbocycles. The van der Waals surface area contributed by atoms with Crippen molar-refractivity contribution in [3.8, 4) is 0 Å². The third-order valence-electron chi connectivity index (χ3n) is 3.17. The van der Waals surface area contributed by atoms with Gasteiger partial charge in [0, 0.05) is 16.6 Å². The van der Waals surface area contributed by atoms with E-state index >= 15 is 0 Å². The van der Waals surface area contributed by atoms with E-state index < -0.39 is 21.4 Å². The summed E-state index contributed by atoms with van der Waals surface area (Å²) in [7, 11) is -3.88. The summed E-state index contributed by atoms with van der Waals surface area (Å²) in [5.74, 6) is -0.690. The highest BCUT2D eigenvalue weighted by Crippen LogP contribution is 2.28. The summed E-state index contributed by atoms with van der Waals surface area (Å²) in [5, 5.41) is 9.02. The first-order valence-electron chi connectivity index (χ1n) is 6.04. The lowest BCUT2D eigenvalue weighted by molar-refractivity contribution is 0.233. The van der Waals surface area contributed by atoms with Crippen molar-refractivity contribution in [2.45, 2.75) is 37.1 Å². The summed E-state index contributed by atoms with van der Waals surface area (Å²) in [6, 6.07) is 2.08. The number of aliphatic hydroxyl groups excluding tert-OH is 1. The molecule has 1 atom stereocenters. The van der Waals surface area contributed by atoms with Gasteiger partial charge in [-0.3, -0.25) is 0 Å². The number of benzene rings is 1. The van der Waals surface area contributed by atoms with Gasteiger partial charge in [0.15, 0.2) is 0 Å². The average Bonchev–Trinajstić information content (AvgIpc) is 2.33. The Morgan fingerprint density at radius 3 is 2.60 bits per heavy atom. The predicted octanol–water partition coefficient (Wildman–Crippen LogP) is 2.00. The highest BCUT2D eigenvalue weighted by atomic mass is 79.9. The lowest BCUT2D eigenvalue weighted by atomic mass is 9.97. The minimum Gasteiger partial charge on any atom is -0.396 e. The van der Waals surface area contributed by atoms with E-state index in [9.17, 15) is 12.8 Å². The zero-order valence-electron chi connectivity index (χ0n) is 11.3. The van der Waals surface area contributed by atoms with Crippen LogP contribution in [0.1, 0.15) is 26.7 Å². The normalized spacial score (nSPS) is 15.1. The Morgan fingerprint density at radius 1 is 1.50 bits per heavy atom. The second-order valence-electron chi connectivity index (χ2n) is 4.80. The van der Waals surface area contributed by atoms with Crippen LogP contribution in [0.3, 0.4) is 0 Å². The van der Waals surface area contributed by atoms with E-state index in [0.717, 1.165) is 12.1 Å². The summed E-state index contributed by atoms with van der Waals surface area (Å²) in [6.45, 7) is 3.37. The van der Waals surface area contributed by atoms with Gasteiger partial charge in [0.05, 0.1) is 10.6 Å². The number of rotatable bonds is 6. The molecule has 1 aromatic rings. The summed E-state index contributed by atoms with van der Waals surface area (Å²) >= 11 is 3.02. The molecule has 5 nitrogen and oxygen atoms in total. The molecule has 4 N–H and O–H groups in total. The zero-order chi connectivity index (χ0) is 15.6. The molecule has 1 aromatic carbocycles. The Morgan fingerprint density at radius 2 is 2.10 bits per heavy atom. The molecule has 0 radical (unpaired) electrons. The fourth-order valence-corrected chi connectivity index (χ4v) is 4.23. The van der Waals surface area contributed by atoms with Gasteiger partial charge in [0.25, 0.3) is 0 Å². The second kappa shape index (κ2) is 6.38. The molecule has 114 valence electrons. The van der Waals surface area contributed by atoms with Crippen LogP contribution >= 0.6 is 15.9 Å². The number of sulfonamides is 1. The highest BCUT2D eigenvalue weighted by Gasteiger charge is 2.30. The number of nitrogen functional groups attached to an aromatic ring is 1. The molecule has 20 heavy (non-hydrogen) atoms. The lowest BCUT2D eigenvalue weighted by Crippen LogP contribution is -2.46. The van der Waals surface area contributed by atoms with Gasteiger partial charge in [-0.15, -0.1) is 0 Å². The smallest absolute Gasteiger partial charge is 0.242 e. The number of halogens is 2. The van der Waals surface area contributed by atoms with E-state index in [2.05, 4.69) is 20.7 Å². The van der Waals surface area contributed by atoms with Gasteiger partial charge in [-0.2, -0.15) is 0 Å². The molecule has 0 aliphatic heterocycles. The van der Waals surface area contributed by atoms with Crippen molar-refractivity contribution in [1.82, 2.24) is 4.72 Å². The first-order chi connectivity index (χ1) is 9.15. The Labute approximate surface area is 126 Å². The number of hydrogen-bond donors (Lipinski definition) is 3. The molecule has 0 amide bonds. The zero-order valence-corrected chi connectivity index (χ0v) is 13.7. The van der Waals surface area contributed by atoms with Crippen LogP contribution < -0.4 is 10.5 Å². The standard InChI is InChI=1S/C12H18BrFN2O3S/c1-3-12(2,4-5-17)16-20(18,19)11-7-10(15)9(14)6-8(11)13/h6-7,16-17H,3-5,15H2,1-2H3. The van der Waals surface area contributed by atoms with E-state index in [-0.39, 0.29) is 28.1 Å². The van der Waals surface area contributed by atoms with Gasteiger partial charge in [-0.05, 0) is 47.8 Å². The fourth-order valence-electron chi connectivity index (χ4n) is 1.68. The molecule has 0 spiro atoms. The topological polar surface area (TPSA) is 92.4 Å². The quantitative estimate of drug-likeness (QED) is 0.669. The number of hydrogen-bond acceptors (Lipinski definition) is 4. The van der Waals surface area contributed by atoms with E-state index in [4.69, 9.17) is 10.8 Å². The van der Waals surface area contributed by atoms with Crippen molar-refractivity contribution in [3.63, 3.8) is 0 Å². The lowest BCUT2D eigenvalue weighted by Gasteiger charge is -2.28. The monoisotopic (exact) mass is 368 g/mol. The summed E-state index contributed by atoms with van der Waals surface area (Å²) in [4.78, 5) is -0.131. The van der Waals surface area contributed by atoms with Crippen LogP contribution in [0.4, 0.5) is 10.1 Å². The molecule has 0 fully saturated rings. The Hall–Kier alpha value is -0.700. The van der Waals surface area contributed by atoms with Crippen molar-refractivity contribution < 1.29 is 17.9 Å². The van der Waals surface area contributed by atoms with Gasteiger partial charge in [0.2, 0.25) is 10.0 Å². The SMILES string of the molecule is CCC(C)(CCO)NS(=O)(=O)c1cc(N)c(F)cc1Br. The fraction of sp³-hybridized carbons (Fsp3) is 0.500. The van der Waals surface area contributed by atoms with Crippen LogP contribution in [0.15, 0.2) is 21.5 Å². The molecule has 1 unspecified atom stereocenters. The predicted molar refractivity (Wildman–Crippen MR) is 79.2 cm³/mol. The summed E-state index contributed by atoms with van der Waals surface area (Å²) in [5.41, 5.74) is 4.39. The largest absolute Gasteiger partial charge is 0.396 e. The van der Waals surface area contributed by atoms with E-state index in [0.29, 0.717) is 6.42 Å². The van der Waals surface area contributed by atoms with Crippen LogP contribution in [0, 0.1) is 5.82 Å². The number of aliphatic hydroxyl groups is 1. The van der Waals surface area contributed by atoms with Crippen molar-refractivity contribution in [2.24, 2.45) is 0 Å². The molecule has 0 aromatic heterocycles. The third-order valence-corrected chi connectivity index (χ3v) is 5.76.